The highest BCUT2D eigenvalue weighted by molar-refractivity contribution is 7.90. The van der Waals surface area contributed by atoms with Crippen LogP contribution in [0.1, 0.15) is 45.4 Å². The molecule has 3 rings (SSSR count). The highest BCUT2D eigenvalue weighted by Crippen LogP contribution is 2.24. The number of hydroxylamine groups is 1. The molecule has 1 fully saturated rings. The van der Waals surface area contributed by atoms with E-state index < -0.39 is 15.7 Å². The van der Waals surface area contributed by atoms with Gasteiger partial charge < -0.3 is 9.64 Å². The van der Waals surface area contributed by atoms with Crippen LogP contribution < -0.4 is 10.2 Å². The number of likely N-dealkylation sites (tertiary alicyclic amines) is 1. The molecule has 1 saturated heterocycles. The normalized spacial score (nSPS) is 20.4. The van der Waals surface area contributed by atoms with Crippen molar-refractivity contribution < 1.29 is 22.4 Å². The summed E-state index contributed by atoms with van der Waals surface area (Å²) in [5.74, 6) is 1.07. The molecule has 1 N–H and O–H groups in total. The molecule has 2 aliphatic heterocycles. The number of ether oxygens (including phenoxy) is 1. The van der Waals surface area contributed by atoms with Gasteiger partial charge in [-0.2, -0.15) is 0 Å². The number of nitrogens with zero attached hydrogens (tertiary/aromatic N) is 2. The number of hydrogen-bond donors (Lipinski definition) is 1. The number of piperidine rings is 1. The van der Waals surface area contributed by atoms with E-state index in [0.29, 0.717) is 18.3 Å². The minimum absolute atomic E-state index is 0.0683. The molecular weight excluding hydrogens is 397 g/mol. The van der Waals surface area contributed by atoms with Crippen LogP contribution in [0.4, 0.5) is 4.39 Å². The van der Waals surface area contributed by atoms with Gasteiger partial charge in [-0.1, -0.05) is 13.3 Å². The van der Waals surface area contributed by atoms with Crippen molar-refractivity contribution in [2.45, 2.75) is 56.6 Å². The second-order valence-corrected chi connectivity index (χ2v) is 9.69. The van der Waals surface area contributed by atoms with Crippen molar-refractivity contribution in [2.75, 3.05) is 26.0 Å². The maximum atomic E-state index is 13.9. The van der Waals surface area contributed by atoms with Gasteiger partial charge in [0.15, 0.2) is 16.1 Å². The Balaban J connectivity index is 1.36. The first-order valence-electron chi connectivity index (χ1n) is 10.2. The van der Waals surface area contributed by atoms with E-state index in [1.807, 2.05) is 0 Å². The Hall–Kier alpha value is -1.87. The average molecular weight is 428 g/mol. The minimum atomic E-state index is -3.56. The SMILES string of the molecule is CCCC1N=C(N2CCC(CCCOc3ccc(S(C)(=O)=O)c(F)c3)CC2)NO1. The minimum Gasteiger partial charge on any atom is -0.493 e. The number of sulfone groups is 1. The predicted molar refractivity (Wildman–Crippen MR) is 109 cm³/mol. The lowest BCUT2D eigenvalue weighted by Gasteiger charge is -2.32. The van der Waals surface area contributed by atoms with Crippen LogP contribution in [0.2, 0.25) is 0 Å². The maximum Gasteiger partial charge on any atom is 0.221 e. The number of rotatable bonds is 8. The number of nitrogens with one attached hydrogen (secondary N) is 1. The zero-order valence-corrected chi connectivity index (χ0v) is 17.9. The van der Waals surface area contributed by atoms with Gasteiger partial charge in [-0.3, -0.25) is 0 Å². The van der Waals surface area contributed by atoms with E-state index in [4.69, 9.17) is 9.57 Å². The monoisotopic (exact) mass is 427 g/mol. The molecule has 1 aromatic carbocycles. The summed E-state index contributed by atoms with van der Waals surface area (Å²) in [6, 6.07) is 3.89. The fraction of sp³-hybridized carbons (Fsp3) is 0.650. The van der Waals surface area contributed by atoms with Crippen LogP contribution in [-0.4, -0.2) is 51.5 Å². The van der Waals surface area contributed by atoms with Gasteiger partial charge in [-0.15, -0.1) is 0 Å². The van der Waals surface area contributed by atoms with Crippen molar-refractivity contribution >= 4 is 15.8 Å². The second kappa shape index (κ2) is 9.75. The topological polar surface area (TPSA) is 80.2 Å². The van der Waals surface area contributed by atoms with Crippen molar-refractivity contribution in [1.29, 1.82) is 0 Å². The third-order valence-corrected chi connectivity index (χ3v) is 6.46. The van der Waals surface area contributed by atoms with E-state index in [1.54, 1.807) is 0 Å². The highest BCUT2D eigenvalue weighted by Gasteiger charge is 2.26. The summed E-state index contributed by atoms with van der Waals surface area (Å²) in [4.78, 5) is 12.0. The Morgan fingerprint density at radius 3 is 2.72 bits per heavy atom. The lowest BCUT2D eigenvalue weighted by molar-refractivity contribution is 0.0290. The summed E-state index contributed by atoms with van der Waals surface area (Å²) in [5, 5.41) is 0. The second-order valence-electron chi connectivity index (χ2n) is 7.70. The number of aliphatic imine (C=N–C) groups is 1. The van der Waals surface area contributed by atoms with Gasteiger partial charge >= 0.3 is 0 Å². The molecule has 9 heteroatoms. The first-order valence-corrected chi connectivity index (χ1v) is 12.1. The van der Waals surface area contributed by atoms with Gasteiger partial charge in [-0.25, -0.2) is 28.1 Å². The molecule has 1 unspecified atom stereocenters. The highest BCUT2D eigenvalue weighted by atomic mass is 32.2. The number of halogens is 1. The third-order valence-electron chi connectivity index (χ3n) is 5.33. The summed E-state index contributed by atoms with van der Waals surface area (Å²) in [7, 11) is -3.56. The van der Waals surface area contributed by atoms with Gasteiger partial charge in [0.2, 0.25) is 5.96 Å². The van der Waals surface area contributed by atoms with Gasteiger partial charge in [-0.05, 0) is 50.2 Å². The smallest absolute Gasteiger partial charge is 0.221 e. The molecule has 0 bridgehead atoms. The van der Waals surface area contributed by atoms with E-state index in [-0.39, 0.29) is 11.1 Å². The van der Waals surface area contributed by atoms with Crippen LogP contribution in [0.3, 0.4) is 0 Å². The van der Waals surface area contributed by atoms with E-state index in [9.17, 15) is 12.8 Å². The molecule has 2 heterocycles. The Kier molecular flexibility index (Phi) is 7.34. The quantitative estimate of drug-likeness (QED) is 0.642. The summed E-state index contributed by atoms with van der Waals surface area (Å²) in [6.07, 6.45) is 7.00. The van der Waals surface area contributed by atoms with E-state index in [0.717, 1.165) is 69.9 Å². The molecule has 1 atom stereocenters. The first kappa shape index (κ1) is 21.8. The van der Waals surface area contributed by atoms with Gasteiger partial charge in [0, 0.05) is 25.4 Å². The molecule has 0 radical (unpaired) electrons. The van der Waals surface area contributed by atoms with Crippen LogP contribution in [-0.2, 0) is 14.7 Å². The first-order chi connectivity index (χ1) is 13.9. The maximum absolute atomic E-state index is 13.9. The lowest BCUT2D eigenvalue weighted by atomic mass is 9.92. The molecule has 29 heavy (non-hydrogen) atoms. The van der Waals surface area contributed by atoms with Crippen LogP contribution >= 0.6 is 0 Å². The zero-order chi connectivity index (χ0) is 20.9. The molecular formula is C20H30FN3O4S. The standard InChI is InChI=1S/C20H30FN3O4S/c1-3-5-19-22-20(23-28-19)24-11-9-15(10-12-24)6-4-13-27-16-7-8-18(17(21)14-16)29(2,25)26/h7-8,14-15,19H,3-6,9-13H2,1-2H3,(H,22,23). The van der Waals surface area contributed by atoms with Crippen LogP contribution in [0.25, 0.3) is 0 Å². The molecule has 0 aliphatic carbocycles. The van der Waals surface area contributed by atoms with Gasteiger partial charge in [0.05, 0.1) is 6.61 Å². The third kappa shape index (κ3) is 6.05. The summed E-state index contributed by atoms with van der Waals surface area (Å²) < 4.78 is 42.4. The van der Waals surface area contributed by atoms with E-state index >= 15 is 0 Å². The van der Waals surface area contributed by atoms with Gasteiger partial charge in [0.25, 0.3) is 0 Å². The molecule has 1 aromatic rings. The Labute approximate surface area is 172 Å². The number of guanidine groups is 1. The van der Waals surface area contributed by atoms with Crippen LogP contribution in [0, 0.1) is 11.7 Å². The summed E-state index contributed by atoms with van der Waals surface area (Å²) in [6.45, 7) is 4.52. The molecule has 162 valence electrons. The average Bonchev–Trinajstić information content (AvgIpc) is 3.14. The number of hydrogen-bond acceptors (Lipinski definition) is 7. The molecule has 0 saturated carbocycles. The fourth-order valence-corrected chi connectivity index (χ4v) is 4.42. The van der Waals surface area contributed by atoms with Crippen LogP contribution in [0.5, 0.6) is 5.75 Å². The Bertz CT molecular complexity index is 823. The van der Waals surface area contributed by atoms with Crippen molar-refractivity contribution in [3.8, 4) is 5.75 Å². The molecule has 0 aromatic heterocycles. The fourth-order valence-electron chi connectivity index (χ4n) is 3.69. The largest absolute Gasteiger partial charge is 0.493 e. The molecule has 0 amide bonds. The summed E-state index contributed by atoms with van der Waals surface area (Å²) >= 11 is 0. The Morgan fingerprint density at radius 2 is 2.07 bits per heavy atom. The van der Waals surface area contributed by atoms with Gasteiger partial charge in [0.1, 0.15) is 16.5 Å². The number of benzene rings is 1. The van der Waals surface area contributed by atoms with E-state index in [1.165, 1.54) is 12.1 Å². The molecule has 7 nitrogen and oxygen atoms in total. The van der Waals surface area contributed by atoms with Crippen molar-refractivity contribution in [1.82, 2.24) is 10.4 Å². The Morgan fingerprint density at radius 1 is 1.31 bits per heavy atom. The lowest BCUT2D eigenvalue weighted by Crippen LogP contribution is -2.43. The summed E-state index contributed by atoms with van der Waals surface area (Å²) in [5.41, 5.74) is 2.95. The molecule has 0 spiro atoms. The van der Waals surface area contributed by atoms with Crippen molar-refractivity contribution in [3.63, 3.8) is 0 Å². The van der Waals surface area contributed by atoms with Crippen LogP contribution in [0.15, 0.2) is 28.1 Å². The molecule has 2 aliphatic rings. The van der Waals surface area contributed by atoms with E-state index in [2.05, 4.69) is 22.3 Å². The van der Waals surface area contributed by atoms with Crippen molar-refractivity contribution in [2.24, 2.45) is 10.9 Å². The predicted octanol–water partition coefficient (Wildman–Crippen LogP) is 3.12. The van der Waals surface area contributed by atoms with Crippen molar-refractivity contribution in [3.05, 3.63) is 24.0 Å². The zero-order valence-electron chi connectivity index (χ0n) is 17.1.